The minimum absolute atomic E-state index is 0.0374. The number of rotatable bonds is 3. The van der Waals surface area contributed by atoms with Crippen LogP contribution in [0.3, 0.4) is 0 Å². The average molecular weight is 200 g/mol. The third-order valence-electron chi connectivity index (χ3n) is 3.91. The van der Waals surface area contributed by atoms with Gasteiger partial charge >= 0.3 is 0 Å². The summed E-state index contributed by atoms with van der Waals surface area (Å²) in [5, 5.41) is 9.59. The van der Waals surface area contributed by atoms with Gasteiger partial charge in [0.15, 0.2) is 0 Å². The van der Waals surface area contributed by atoms with Gasteiger partial charge in [0.2, 0.25) is 0 Å². The van der Waals surface area contributed by atoms with Crippen molar-refractivity contribution in [2.75, 3.05) is 27.2 Å². The molecule has 1 aliphatic heterocycles. The highest BCUT2D eigenvalue weighted by molar-refractivity contribution is 5.04. The predicted molar refractivity (Wildman–Crippen MR) is 59.4 cm³/mol. The second kappa shape index (κ2) is 4.17. The van der Waals surface area contributed by atoms with Crippen LogP contribution in [-0.4, -0.2) is 59.8 Å². The second-order valence-corrected chi connectivity index (χ2v) is 4.91. The fourth-order valence-electron chi connectivity index (χ4n) is 2.69. The van der Waals surface area contributed by atoms with E-state index in [4.69, 9.17) is 0 Å². The van der Waals surface area contributed by atoms with Crippen LogP contribution >= 0.6 is 0 Å². The summed E-state index contributed by atoms with van der Waals surface area (Å²) in [7, 11) is 4.13. The first-order chi connectivity index (χ1) is 6.45. The Morgan fingerprint density at radius 2 is 2.07 bits per heavy atom. The smallest absolute Gasteiger partial charge is 0.0631 e. The van der Waals surface area contributed by atoms with E-state index in [0.717, 1.165) is 13.0 Å². The van der Waals surface area contributed by atoms with Gasteiger partial charge in [-0.2, -0.15) is 0 Å². The number of nitrogens with zero attached hydrogens (tertiary/aromatic N) is 2. The summed E-state index contributed by atoms with van der Waals surface area (Å²) < 4.78 is 0. The monoisotopic (exact) mass is 200 g/mol. The molecule has 3 nitrogen and oxygen atoms in total. The summed E-state index contributed by atoms with van der Waals surface area (Å²) >= 11 is 0. The van der Waals surface area contributed by atoms with Crippen molar-refractivity contribution in [2.45, 2.75) is 44.8 Å². The Labute approximate surface area is 87.7 Å². The van der Waals surface area contributed by atoms with Crippen molar-refractivity contribution < 1.29 is 5.11 Å². The van der Waals surface area contributed by atoms with Gasteiger partial charge < -0.3 is 10.0 Å². The Morgan fingerprint density at radius 3 is 2.29 bits per heavy atom. The van der Waals surface area contributed by atoms with Gasteiger partial charge in [0.05, 0.1) is 12.1 Å². The van der Waals surface area contributed by atoms with Crippen LogP contribution in [0.5, 0.6) is 0 Å². The van der Waals surface area contributed by atoms with Crippen molar-refractivity contribution in [3.63, 3.8) is 0 Å². The second-order valence-electron chi connectivity index (χ2n) is 4.91. The van der Waals surface area contributed by atoms with Crippen molar-refractivity contribution in [1.82, 2.24) is 9.80 Å². The molecule has 2 unspecified atom stereocenters. The van der Waals surface area contributed by atoms with E-state index in [9.17, 15) is 5.11 Å². The molecule has 1 N–H and O–H groups in total. The van der Waals surface area contributed by atoms with E-state index in [0.29, 0.717) is 12.1 Å². The molecule has 14 heavy (non-hydrogen) atoms. The zero-order chi connectivity index (χ0) is 10.9. The Balaban J connectivity index is 2.83. The molecule has 0 aromatic rings. The SMILES string of the molecule is CC(C)N1CCC(CO)(N(C)C)C1C. The molecule has 1 rings (SSSR count). The van der Waals surface area contributed by atoms with Gasteiger partial charge in [0.25, 0.3) is 0 Å². The number of aliphatic hydroxyl groups is 1. The molecule has 0 bridgehead atoms. The molecule has 0 amide bonds. The van der Waals surface area contributed by atoms with Crippen LogP contribution in [0.1, 0.15) is 27.2 Å². The summed E-state index contributed by atoms with van der Waals surface area (Å²) in [5.41, 5.74) is -0.0374. The standard InChI is InChI=1S/C11H24N2O/c1-9(2)13-7-6-11(8-14,10(13)3)12(4)5/h9-10,14H,6-8H2,1-5H3. The van der Waals surface area contributed by atoms with E-state index >= 15 is 0 Å². The average Bonchev–Trinajstić information content (AvgIpc) is 2.43. The first kappa shape index (κ1) is 12.0. The molecule has 3 heteroatoms. The lowest BCUT2D eigenvalue weighted by Gasteiger charge is -2.41. The molecule has 0 aromatic carbocycles. The van der Waals surface area contributed by atoms with Crippen LogP contribution in [0.4, 0.5) is 0 Å². The maximum Gasteiger partial charge on any atom is 0.0631 e. The zero-order valence-corrected chi connectivity index (χ0v) is 10.1. The Bertz CT molecular complexity index is 194. The lowest BCUT2D eigenvalue weighted by Crippen LogP contribution is -2.56. The molecule has 0 radical (unpaired) electrons. The minimum Gasteiger partial charge on any atom is -0.394 e. The maximum absolute atomic E-state index is 9.59. The van der Waals surface area contributed by atoms with E-state index in [1.165, 1.54) is 0 Å². The predicted octanol–water partition coefficient (Wildman–Crippen LogP) is 0.782. The summed E-state index contributed by atoms with van der Waals surface area (Å²) in [6, 6.07) is 1.00. The van der Waals surface area contributed by atoms with E-state index in [1.807, 2.05) is 0 Å². The Morgan fingerprint density at radius 1 is 1.50 bits per heavy atom. The largest absolute Gasteiger partial charge is 0.394 e. The highest BCUT2D eigenvalue weighted by atomic mass is 16.3. The van der Waals surface area contributed by atoms with Crippen molar-refractivity contribution >= 4 is 0 Å². The minimum atomic E-state index is -0.0374. The zero-order valence-electron chi connectivity index (χ0n) is 10.1. The van der Waals surface area contributed by atoms with Gasteiger partial charge in [-0.15, -0.1) is 0 Å². The summed E-state index contributed by atoms with van der Waals surface area (Å²) in [5.74, 6) is 0. The fraction of sp³-hybridized carbons (Fsp3) is 1.00. The third kappa shape index (κ3) is 1.69. The van der Waals surface area contributed by atoms with Crippen LogP contribution in [-0.2, 0) is 0 Å². The highest BCUT2D eigenvalue weighted by Gasteiger charge is 2.46. The molecular weight excluding hydrogens is 176 g/mol. The van der Waals surface area contributed by atoms with Gasteiger partial charge in [0, 0.05) is 18.6 Å². The summed E-state index contributed by atoms with van der Waals surface area (Å²) in [4.78, 5) is 4.65. The van der Waals surface area contributed by atoms with E-state index in [2.05, 4.69) is 44.7 Å². The molecule has 0 spiro atoms. The molecule has 0 saturated carbocycles. The number of likely N-dealkylation sites (N-methyl/N-ethyl adjacent to an activating group) is 1. The first-order valence-electron chi connectivity index (χ1n) is 5.49. The third-order valence-corrected chi connectivity index (χ3v) is 3.91. The van der Waals surface area contributed by atoms with E-state index in [1.54, 1.807) is 0 Å². The quantitative estimate of drug-likeness (QED) is 0.729. The first-order valence-corrected chi connectivity index (χ1v) is 5.49. The lowest BCUT2D eigenvalue weighted by atomic mass is 9.90. The Kier molecular flexibility index (Phi) is 3.56. The number of hydrogen-bond acceptors (Lipinski definition) is 3. The molecule has 1 heterocycles. The number of hydrogen-bond donors (Lipinski definition) is 1. The number of likely N-dealkylation sites (tertiary alicyclic amines) is 1. The lowest BCUT2D eigenvalue weighted by molar-refractivity contribution is 0.0338. The molecule has 84 valence electrons. The molecular formula is C11H24N2O. The topological polar surface area (TPSA) is 26.7 Å². The fourth-order valence-corrected chi connectivity index (χ4v) is 2.69. The molecule has 0 aromatic heterocycles. The van der Waals surface area contributed by atoms with Crippen molar-refractivity contribution in [2.24, 2.45) is 0 Å². The summed E-state index contributed by atoms with van der Waals surface area (Å²) in [6.07, 6.45) is 1.07. The maximum atomic E-state index is 9.59. The summed E-state index contributed by atoms with van der Waals surface area (Å²) in [6.45, 7) is 8.02. The van der Waals surface area contributed by atoms with Gasteiger partial charge in [-0.05, 0) is 41.3 Å². The molecule has 0 aliphatic carbocycles. The normalized spacial score (nSPS) is 34.7. The molecule has 1 aliphatic rings. The molecule has 2 atom stereocenters. The van der Waals surface area contributed by atoms with Crippen LogP contribution in [0.25, 0.3) is 0 Å². The van der Waals surface area contributed by atoms with Crippen LogP contribution in [0.2, 0.25) is 0 Å². The van der Waals surface area contributed by atoms with E-state index < -0.39 is 0 Å². The van der Waals surface area contributed by atoms with Gasteiger partial charge in [-0.3, -0.25) is 4.90 Å². The van der Waals surface area contributed by atoms with Crippen LogP contribution in [0, 0.1) is 0 Å². The number of aliphatic hydroxyl groups excluding tert-OH is 1. The van der Waals surface area contributed by atoms with E-state index in [-0.39, 0.29) is 12.1 Å². The van der Waals surface area contributed by atoms with Gasteiger partial charge in [-0.25, -0.2) is 0 Å². The van der Waals surface area contributed by atoms with Crippen LogP contribution in [0.15, 0.2) is 0 Å². The van der Waals surface area contributed by atoms with Gasteiger partial charge in [0.1, 0.15) is 0 Å². The molecule has 1 fully saturated rings. The van der Waals surface area contributed by atoms with Crippen molar-refractivity contribution in [3.8, 4) is 0 Å². The molecule has 1 saturated heterocycles. The van der Waals surface area contributed by atoms with Crippen molar-refractivity contribution in [3.05, 3.63) is 0 Å². The van der Waals surface area contributed by atoms with Crippen molar-refractivity contribution in [1.29, 1.82) is 0 Å². The van der Waals surface area contributed by atoms with Crippen LogP contribution < -0.4 is 0 Å². The van der Waals surface area contributed by atoms with Gasteiger partial charge in [-0.1, -0.05) is 0 Å². The Hall–Kier alpha value is -0.120. The highest BCUT2D eigenvalue weighted by Crippen LogP contribution is 2.33.